The molecule has 0 aromatic heterocycles. The Labute approximate surface area is 124 Å². The van der Waals surface area contributed by atoms with Gasteiger partial charge in [-0.2, -0.15) is 0 Å². The van der Waals surface area contributed by atoms with E-state index < -0.39 is 0 Å². The van der Waals surface area contributed by atoms with Crippen LogP contribution in [0.15, 0.2) is 24.3 Å². The summed E-state index contributed by atoms with van der Waals surface area (Å²) in [6.45, 7) is 7.21. The lowest BCUT2D eigenvalue weighted by molar-refractivity contribution is 0.239. The minimum Gasteiger partial charge on any atom is -0.307 e. The van der Waals surface area contributed by atoms with Crippen molar-refractivity contribution in [3.05, 3.63) is 35.4 Å². The lowest BCUT2D eigenvalue weighted by atomic mass is 9.70. The Morgan fingerprint density at radius 2 is 1.80 bits per heavy atom. The number of hydrogen-bond acceptors (Lipinski definition) is 1. The smallest absolute Gasteiger partial charge is 0.0326 e. The molecule has 1 N–H and O–H groups in total. The van der Waals surface area contributed by atoms with E-state index in [0.29, 0.717) is 11.5 Å². The molecule has 0 radical (unpaired) electrons. The number of rotatable bonds is 2. The topological polar surface area (TPSA) is 12.0 Å². The third-order valence-corrected chi connectivity index (χ3v) is 5.65. The van der Waals surface area contributed by atoms with E-state index >= 15 is 0 Å². The average molecular weight is 271 g/mol. The monoisotopic (exact) mass is 271 g/mol. The van der Waals surface area contributed by atoms with Crippen molar-refractivity contribution >= 4 is 0 Å². The van der Waals surface area contributed by atoms with Gasteiger partial charge in [-0.05, 0) is 48.1 Å². The fourth-order valence-electron chi connectivity index (χ4n) is 4.21. The van der Waals surface area contributed by atoms with E-state index in [2.05, 4.69) is 50.4 Å². The van der Waals surface area contributed by atoms with Crippen molar-refractivity contribution in [3.8, 4) is 0 Å². The lowest BCUT2D eigenvalue weighted by Gasteiger charge is -2.40. The quantitative estimate of drug-likeness (QED) is 0.801. The Kier molecular flexibility index (Phi) is 3.90. The molecule has 2 aliphatic rings. The van der Waals surface area contributed by atoms with Crippen LogP contribution < -0.4 is 5.32 Å². The molecule has 20 heavy (non-hydrogen) atoms. The second-order valence-electron chi connectivity index (χ2n) is 7.60. The summed E-state index contributed by atoms with van der Waals surface area (Å²) >= 11 is 0. The van der Waals surface area contributed by atoms with Crippen LogP contribution in [-0.4, -0.2) is 6.04 Å². The van der Waals surface area contributed by atoms with Crippen LogP contribution in [0.2, 0.25) is 0 Å². The molecular formula is C19H29N. The van der Waals surface area contributed by atoms with Gasteiger partial charge in [0.05, 0.1) is 0 Å². The third-order valence-electron chi connectivity index (χ3n) is 5.65. The molecule has 0 heterocycles. The van der Waals surface area contributed by atoms with E-state index in [1.54, 1.807) is 11.1 Å². The second-order valence-corrected chi connectivity index (χ2v) is 7.60. The number of fused-ring (bicyclic) bond motifs is 1. The number of nitrogens with one attached hydrogen (secondary N) is 1. The van der Waals surface area contributed by atoms with Gasteiger partial charge in [-0.1, -0.05) is 57.9 Å². The summed E-state index contributed by atoms with van der Waals surface area (Å²) in [6.07, 6.45) is 8.17. The van der Waals surface area contributed by atoms with Crippen LogP contribution in [0, 0.1) is 5.92 Å². The van der Waals surface area contributed by atoms with Crippen LogP contribution in [0.1, 0.15) is 76.5 Å². The Morgan fingerprint density at radius 3 is 2.60 bits per heavy atom. The summed E-state index contributed by atoms with van der Waals surface area (Å²) in [4.78, 5) is 0. The highest BCUT2D eigenvalue weighted by Gasteiger charge is 2.34. The molecule has 110 valence electrons. The standard InChI is InChI=1S/C19H29N/c1-14-8-4-7-11-17(14)20-18-12-13-19(2,3)16-10-6-5-9-15(16)18/h5-6,9-10,14,17-18,20H,4,7-8,11-13H2,1-3H3. The van der Waals surface area contributed by atoms with Crippen molar-refractivity contribution in [3.63, 3.8) is 0 Å². The minimum absolute atomic E-state index is 0.340. The molecule has 3 unspecified atom stereocenters. The molecule has 1 aromatic carbocycles. The molecule has 1 fully saturated rings. The van der Waals surface area contributed by atoms with Gasteiger partial charge in [-0.3, -0.25) is 0 Å². The highest BCUT2D eigenvalue weighted by Crippen LogP contribution is 2.42. The van der Waals surface area contributed by atoms with E-state index in [-0.39, 0.29) is 0 Å². The van der Waals surface area contributed by atoms with Gasteiger partial charge in [0.1, 0.15) is 0 Å². The van der Waals surface area contributed by atoms with Gasteiger partial charge in [0.2, 0.25) is 0 Å². The zero-order valence-electron chi connectivity index (χ0n) is 13.3. The Bertz CT molecular complexity index is 463. The van der Waals surface area contributed by atoms with Gasteiger partial charge < -0.3 is 5.32 Å². The summed E-state index contributed by atoms with van der Waals surface area (Å²) in [6, 6.07) is 10.4. The Balaban J connectivity index is 1.81. The fourth-order valence-corrected chi connectivity index (χ4v) is 4.21. The van der Waals surface area contributed by atoms with Crippen LogP contribution in [0.25, 0.3) is 0 Å². The van der Waals surface area contributed by atoms with Crippen molar-refractivity contribution in [2.24, 2.45) is 5.92 Å². The first kappa shape index (κ1) is 14.1. The first-order chi connectivity index (χ1) is 9.58. The second kappa shape index (κ2) is 5.52. The van der Waals surface area contributed by atoms with Crippen LogP contribution in [-0.2, 0) is 5.41 Å². The number of hydrogen-bond donors (Lipinski definition) is 1. The van der Waals surface area contributed by atoms with Crippen molar-refractivity contribution in [2.45, 2.75) is 76.8 Å². The average Bonchev–Trinajstić information content (AvgIpc) is 2.44. The molecule has 1 nitrogen and oxygen atoms in total. The zero-order chi connectivity index (χ0) is 14.2. The van der Waals surface area contributed by atoms with Gasteiger partial charge >= 0.3 is 0 Å². The van der Waals surface area contributed by atoms with E-state index in [1.165, 1.54) is 38.5 Å². The molecule has 0 saturated heterocycles. The van der Waals surface area contributed by atoms with Gasteiger partial charge in [0.25, 0.3) is 0 Å². The zero-order valence-corrected chi connectivity index (χ0v) is 13.3. The highest BCUT2D eigenvalue weighted by atomic mass is 15.0. The minimum atomic E-state index is 0.340. The van der Waals surface area contributed by atoms with Crippen molar-refractivity contribution in [2.75, 3.05) is 0 Å². The van der Waals surface area contributed by atoms with Gasteiger partial charge in [0, 0.05) is 12.1 Å². The molecule has 0 spiro atoms. The molecule has 3 rings (SSSR count). The normalized spacial score (nSPS) is 32.6. The highest BCUT2D eigenvalue weighted by molar-refractivity contribution is 5.38. The first-order valence-corrected chi connectivity index (χ1v) is 8.43. The molecule has 2 aliphatic carbocycles. The molecule has 1 aromatic rings. The maximum Gasteiger partial charge on any atom is 0.0326 e. The SMILES string of the molecule is CC1CCCCC1NC1CCC(C)(C)c2ccccc21. The third kappa shape index (κ3) is 2.65. The molecule has 0 amide bonds. The van der Waals surface area contributed by atoms with E-state index in [0.717, 1.165) is 12.0 Å². The predicted octanol–water partition coefficient (Wildman–Crippen LogP) is 4.97. The molecule has 0 aliphatic heterocycles. The molecular weight excluding hydrogens is 242 g/mol. The van der Waals surface area contributed by atoms with Crippen molar-refractivity contribution in [1.82, 2.24) is 5.32 Å². The predicted molar refractivity (Wildman–Crippen MR) is 86.0 cm³/mol. The molecule has 3 atom stereocenters. The molecule has 1 saturated carbocycles. The molecule has 1 heteroatoms. The summed E-state index contributed by atoms with van der Waals surface area (Å²) in [5.41, 5.74) is 3.46. The summed E-state index contributed by atoms with van der Waals surface area (Å²) in [5, 5.41) is 4.00. The molecule has 0 bridgehead atoms. The lowest BCUT2D eigenvalue weighted by Crippen LogP contribution is -2.42. The number of benzene rings is 1. The fraction of sp³-hybridized carbons (Fsp3) is 0.684. The Morgan fingerprint density at radius 1 is 1.05 bits per heavy atom. The largest absolute Gasteiger partial charge is 0.307 e. The summed E-state index contributed by atoms with van der Waals surface area (Å²) in [5.74, 6) is 0.839. The van der Waals surface area contributed by atoms with Crippen molar-refractivity contribution in [1.29, 1.82) is 0 Å². The van der Waals surface area contributed by atoms with E-state index in [4.69, 9.17) is 0 Å². The van der Waals surface area contributed by atoms with Gasteiger partial charge in [-0.15, -0.1) is 0 Å². The van der Waals surface area contributed by atoms with Crippen LogP contribution in [0.4, 0.5) is 0 Å². The van der Waals surface area contributed by atoms with Crippen LogP contribution in [0.3, 0.4) is 0 Å². The van der Waals surface area contributed by atoms with E-state index in [9.17, 15) is 0 Å². The first-order valence-electron chi connectivity index (χ1n) is 8.43. The summed E-state index contributed by atoms with van der Waals surface area (Å²) < 4.78 is 0. The van der Waals surface area contributed by atoms with E-state index in [1.807, 2.05) is 0 Å². The summed E-state index contributed by atoms with van der Waals surface area (Å²) in [7, 11) is 0. The maximum atomic E-state index is 4.00. The van der Waals surface area contributed by atoms with Crippen molar-refractivity contribution < 1.29 is 0 Å². The van der Waals surface area contributed by atoms with Crippen LogP contribution >= 0.6 is 0 Å². The van der Waals surface area contributed by atoms with Gasteiger partial charge in [0.15, 0.2) is 0 Å². The Hall–Kier alpha value is -0.820. The maximum absolute atomic E-state index is 4.00. The van der Waals surface area contributed by atoms with Gasteiger partial charge in [-0.25, -0.2) is 0 Å². The van der Waals surface area contributed by atoms with Crippen LogP contribution in [0.5, 0.6) is 0 Å².